The van der Waals surface area contributed by atoms with Crippen molar-refractivity contribution in [2.24, 2.45) is 0 Å². The molecule has 0 aliphatic rings. The van der Waals surface area contributed by atoms with E-state index in [1.807, 2.05) is 6.92 Å². The predicted octanol–water partition coefficient (Wildman–Crippen LogP) is 0.535. The molecular weight excluding hydrogens is 244 g/mol. The summed E-state index contributed by atoms with van der Waals surface area (Å²) < 4.78 is 2.75. The van der Waals surface area contributed by atoms with Crippen LogP contribution in [0.4, 0.5) is 0 Å². The topological polar surface area (TPSA) is 72.7 Å². The molecule has 0 atom stereocenters. The number of alkyl halides is 1. The van der Waals surface area contributed by atoms with Gasteiger partial charge in [0.15, 0.2) is 5.65 Å². The molecule has 0 unspecified atom stereocenters. The van der Waals surface area contributed by atoms with Gasteiger partial charge >= 0.3 is 5.69 Å². The van der Waals surface area contributed by atoms with Gasteiger partial charge in [-0.25, -0.2) is 4.79 Å². The molecule has 17 heavy (non-hydrogen) atoms. The summed E-state index contributed by atoms with van der Waals surface area (Å²) in [6.45, 7) is 2.82. The van der Waals surface area contributed by atoms with Crippen LogP contribution < -0.4 is 11.2 Å². The molecule has 1 N–H and O–H groups in total. The van der Waals surface area contributed by atoms with Crippen molar-refractivity contribution in [1.29, 1.82) is 0 Å². The second-order valence-electron chi connectivity index (χ2n) is 3.73. The Morgan fingerprint density at radius 2 is 2.18 bits per heavy atom. The summed E-state index contributed by atoms with van der Waals surface area (Å²) in [7, 11) is 0. The van der Waals surface area contributed by atoms with Crippen LogP contribution in [0.25, 0.3) is 11.0 Å². The third-order valence-corrected chi connectivity index (χ3v) is 2.64. The first-order valence-corrected chi connectivity index (χ1v) is 5.97. The molecule has 2 aromatic rings. The van der Waals surface area contributed by atoms with E-state index in [1.54, 1.807) is 10.9 Å². The Balaban J connectivity index is 2.65. The van der Waals surface area contributed by atoms with Crippen molar-refractivity contribution in [3.05, 3.63) is 27.0 Å². The fourth-order valence-electron chi connectivity index (χ4n) is 1.70. The minimum absolute atomic E-state index is 0.300. The van der Waals surface area contributed by atoms with Crippen molar-refractivity contribution in [2.45, 2.75) is 26.4 Å². The molecule has 2 aromatic heterocycles. The number of aromatic amines is 1. The molecule has 6 nitrogen and oxygen atoms in total. The number of halogens is 1. The summed E-state index contributed by atoms with van der Waals surface area (Å²) in [5.41, 5.74) is -0.399. The highest BCUT2D eigenvalue weighted by Crippen LogP contribution is 2.02. The zero-order valence-corrected chi connectivity index (χ0v) is 10.2. The minimum Gasteiger partial charge on any atom is -0.290 e. The lowest BCUT2D eigenvalue weighted by atomic mass is 10.4. The first kappa shape index (κ1) is 11.9. The zero-order valence-electron chi connectivity index (χ0n) is 9.44. The Hall–Kier alpha value is -1.56. The van der Waals surface area contributed by atoms with E-state index in [1.165, 1.54) is 4.57 Å². The molecule has 0 bridgehead atoms. The molecule has 0 saturated heterocycles. The molecule has 0 radical (unpaired) electrons. The molecule has 0 saturated carbocycles. The van der Waals surface area contributed by atoms with Crippen LogP contribution in [-0.4, -0.2) is 25.2 Å². The van der Waals surface area contributed by atoms with Gasteiger partial charge in [-0.3, -0.25) is 19.0 Å². The van der Waals surface area contributed by atoms with Crippen LogP contribution in [0, 0.1) is 0 Å². The van der Waals surface area contributed by atoms with Crippen LogP contribution in [0.15, 0.2) is 15.8 Å². The van der Waals surface area contributed by atoms with E-state index in [9.17, 15) is 9.59 Å². The average Bonchev–Trinajstić information content (AvgIpc) is 2.67. The quantitative estimate of drug-likeness (QED) is 0.812. The van der Waals surface area contributed by atoms with Gasteiger partial charge in [0.05, 0.1) is 6.54 Å². The van der Waals surface area contributed by atoms with Crippen molar-refractivity contribution in [2.75, 3.05) is 5.88 Å². The highest BCUT2D eigenvalue weighted by atomic mass is 35.5. The fraction of sp³-hybridized carbons (Fsp3) is 0.500. The van der Waals surface area contributed by atoms with Crippen LogP contribution in [0.1, 0.15) is 13.3 Å². The molecule has 0 aromatic carbocycles. The van der Waals surface area contributed by atoms with Gasteiger partial charge in [-0.05, 0) is 6.42 Å². The maximum absolute atomic E-state index is 12.0. The normalized spacial score (nSPS) is 11.2. The largest absolute Gasteiger partial charge is 0.330 e. The van der Waals surface area contributed by atoms with Gasteiger partial charge in [-0.15, -0.1) is 11.6 Å². The zero-order chi connectivity index (χ0) is 12.4. The Morgan fingerprint density at radius 3 is 2.82 bits per heavy atom. The van der Waals surface area contributed by atoms with E-state index in [-0.39, 0.29) is 5.56 Å². The van der Waals surface area contributed by atoms with Gasteiger partial charge in [0.2, 0.25) is 0 Å². The standard InChI is InChI=1S/C10H13ClN4O2/c1-2-4-15-9(16)7-6-14(5-3-11)13-8(7)12-10(15)17/h6H,2-5H2,1H3,(H,12,13,17). The first-order chi connectivity index (χ1) is 8.17. The first-order valence-electron chi connectivity index (χ1n) is 5.43. The number of aromatic nitrogens is 4. The summed E-state index contributed by atoms with van der Waals surface area (Å²) >= 11 is 5.60. The van der Waals surface area contributed by atoms with E-state index in [0.717, 1.165) is 6.42 Å². The SMILES string of the molecule is CCCn1c(=O)[nH]c2nn(CCCl)cc2c1=O. The fourth-order valence-corrected chi connectivity index (χ4v) is 1.88. The second-order valence-corrected chi connectivity index (χ2v) is 4.11. The Morgan fingerprint density at radius 1 is 1.41 bits per heavy atom. The third kappa shape index (κ3) is 2.12. The number of hydrogen-bond acceptors (Lipinski definition) is 3. The average molecular weight is 257 g/mol. The van der Waals surface area contributed by atoms with E-state index < -0.39 is 5.69 Å². The van der Waals surface area contributed by atoms with Crippen molar-refractivity contribution in [3.8, 4) is 0 Å². The number of fused-ring (bicyclic) bond motifs is 1. The summed E-state index contributed by atoms with van der Waals surface area (Å²) in [6, 6.07) is 0. The Kier molecular flexibility index (Phi) is 3.33. The van der Waals surface area contributed by atoms with Gasteiger partial charge in [-0.2, -0.15) is 5.10 Å². The lowest BCUT2D eigenvalue weighted by molar-refractivity contribution is 0.622. The molecular formula is C10H13ClN4O2. The summed E-state index contributed by atoms with van der Waals surface area (Å²) in [4.78, 5) is 26.3. The molecule has 7 heteroatoms. The highest BCUT2D eigenvalue weighted by Gasteiger charge is 2.10. The summed E-state index contributed by atoms with van der Waals surface area (Å²) in [5.74, 6) is 0.404. The molecule has 92 valence electrons. The van der Waals surface area contributed by atoms with Gasteiger partial charge in [0.25, 0.3) is 5.56 Å². The van der Waals surface area contributed by atoms with Crippen molar-refractivity contribution >= 4 is 22.6 Å². The molecule has 0 aliphatic heterocycles. The Bertz CT molecular complexity index is 640. The monoisotopic (exact) mass is 256 g/mol. The molecule has 0 amide bonds. The number of rotatable bonds is 4. The number of hydrogen-bond donors (Lipinski definition) is 1. The van der Waals surface area contributed by atoms with E-state index in [2.05, 4.69) is 10.1 Å². The van der Waals surface area contributed by atoms with E-state index in [4.69, 9.17) is 11.6 Å². The van der Waals surface area contributed by atoms with Crippen LogP contribution in [0.2, 0.25) is 0 Å². The van der Waals surface area contributed by atoms with Crippen LogP contribution in [-0.2, 0) is 13.1 Å². The van der Waals surface area contributed by atoms with Crippen LogP contribution in [0.3, 0.4) is 0 Å². The maximum atomic E-state index is 12.0. The number of aryl methyl sites for hydroxylation is 1. The van der Waals surface area contributed by atoms with Gasteiger partial charge in [0.1, 0.15) is 5.39 Å². The molecule has 0 fully saturated rings. The molecule has 2 heterocycles. The minimum atomic E-state index is -0.416. The Labute approximate surface area is 102 Å². The summed E-state index contributed by atoms with van der Waals surface area (Å²) in [5, 5.41) is 4.51. The van der Waals surface area contributed by atoms with E-state index >= 15 is 0 Å². The molecule has 0 spiro atoms. The van der Waals surface area contributed by atoms with Crippen LogP contribution in [0.5, 0.6) is 0 Å². The van der Waals surface area contributed by atoms with Gasteiger partial charge < -0.3 is 0 Å². The van der Waals surface area contributed by atoms with Crippen molar-refractivity contribution < 1.29 is 0 Å². The number of nitrogens with zero attached hydrogens (tertiary/aromatic N) is 3. The number of H-pyrrole nitrogens is 1. The molecule has 2 rings (SSSR count). The number of nitrogens with one attached hydrogen (secondary N) is 1. The third-order valence-electron chi connectivity index (χ3n) is 2.47. The lowest BCUT2D eigenvalue weighted by Gasteiger charge is -2.00. The van der Waals surface area contributed by atoms with Crippen molar-refractivity contribution in [3.63, 3.8) is 0 Å². The summed E-state index contributed by atoms with van der Waals surface area (Å²) in [6.07, 6.45) is 2.34. The molecule has 0 aliphatic carbocycles. The maximum Gasteiger partial charge on any atom is 0.330 e. The van der Waals surface area contributed by atoms with Crippen LogP contribution >= 0.6 is 11.6 Å². The van der Waals surface area contributed by atoms with E-state index in [0.29, 0.717) is 30.0 Å². The lowest BCUT2D eigenvalue weighted by Crippen LogP contribution is -2.34. The second kappa shape index (κ2) is 4.75. The van der Waals surface area contributed by atoms with Crippen molar-refractivity contribution in [1.82, 2.24) is 19.3 Å². The van der Waals surface area contributed by atoms with Gasteiger partial charge in [0, 0.05) is 18.6 Å². The van der Waals surface area contributed by atoms with Gasteiger partial charge in [-0.1, -0.05) is 6.92 Å². The predicted molar refractivity (Wildman–Crippen MR) is 65.6 cm³/mol. The smallest absolute Gasteiger partial charge is 0.290 e. The highest BCUT2D eigenvalue weighted by molar-refractivity contribution is 6.17.